The van der Waals surface area contributed by atoms with Gasteiger partial charge in [-0.1, -0.05) is 11.6 Å². The van der Waals surface area contributed by atoms with Gasteiger partial charge in [0, 0.05) is 28.8 Å². The number of aromatic nitrogens is 3. The molecule has 0 unspecified atom stereocenters. The molecule has 0 saturated heterocycles. The monoisotopic (exact) mass is 344 g/mol. The average Bonchev–Trinajstić information content (AvgIpc) is 2.56. The zero-order valence-corrected chi connectivity index (χ0v) is 14.6. The van der Waals surface area contributed by atoms with Crippen LogP contribution >= 0.6 is 11.6 Å². The number of anilines is 1. The number of pyridine rings is 1. The molecule has 1 aromatic carbocycles. The summed E-state index contributed by atoms with van der Waals surface area (Å²) in [5.41, 5.74) is 9.46. The number of benzene rings is 1. The van der Waals surface area contributed by atoms with Crippen LogP contribution in [0.25, 0.3) is 22.2 Å². The number of methoxy groups -OCH3 is 2. The van der Waals surface area contributed by atoms with Gasteiger partial charge in [0.25, 0.3) is 0 Å². The van der Waals surface area contributed by atoms with E-state index in [0.717, 1.165) is 27.7 Å². The molecule has 124 valence electrons. The lowest BCUT2D eigenvalue weighted by Crippen LogP contribution is -2.00. The van der Waals surface area contributed by atoms with Gasteiger partial charge in [0.2, 0.25) is 5.95 Å². The lowest BCUT2D eigenvalue weighted by Gasteiger charge is -2.16. The minimum absolute atomic E-state index is 0.220. The summed E-state index contributed by atoms with van der Waals surface area (Å²) < 4.78 is 10.8. The molecule has 0 saturated carbocycles. The van der Waals surface area contributed by atoms with Crippen molar-refractivity contribution in [1.82, 2.24) is 15.0 Å². The summed E-state index contributed by atoms with van der Waals surface area (Å²) in [4.78, 5) is 12.9. The zero-order valence-electron chi connectivity index (χ0n) is 13.8. The van der Waals surface area contributed by atoms with Crippen molar-refractivity contribution in [2.24, 2.45) is 0 Å². The van der Waals surface area contributed by atoms with Crippen molar-refractivity contribution in [2.45, 2.75) is 13.8 Å². The number of nitrogen functional groups attached to an aromatic ring is 1. The summed E-state index contributed by atoms with van der Waals surface area (Å²) in [6.45, 7) is 3.80. The summed E-state index contributed by atoms with van der Waals surface area (Å²) in [7, 11) is 3.17. The summed E-state index contributed by atoms with van der Waals surface area (Å²) in [6.07, 6.45) is 1.68. The fourth-order valence-corrected chi connectivity index (χ4v) is 3.08. The number of hydrogen-bond donors (Lipinski definition) is 1. The normalized spacial score (nSPS) is 10.9. The second-order valence-electron chi connectivity index (χ2n) is 5.35. The molecule has 0 spiro atoms. The molecule has 2 N–H and O–H groups in total. The van der Waals surface area contributed by atoms with Gasteiger partial charge in [0.1, 0.15) is 11.5 Å². The number of rotatable bonds is 3. The van der Waals surface area contributed by atoms with Gasteiger partial charge in [-0.2, -0.15) is 0 Å². The van der Waals surface area contributed by atoms with E-state index in [1.54, 1.807) is 26.5 Å². The van der Waals surface area contributed by atoms with Gasteiger partial charge in [0.05, 0.1) is 36.1 Å². The lowest BCUT2D eigenvalue weighted by molar-refractivity contribution is 0.393. The summed E-state index contributed by atoms with van der Waals surface area (Å²) in [5, 5.41) is 1.32. The molecule has 0 aliphatic carbocycles. The Morgan fingerprint density at radius 3 is 2.42 bits per heavy atom. The minimum atomic E-state index is 0.220. The molecule has 2 heterocycles. The SMILES string of the molecule is COc1cc(OC)c(Cl)c(-c2cc3cnc(N)nc3c(C)n2)c1C. The highest BCUT2D eigenvalue weighted by Crippen LogP contribution is 2.42. The van der Waals surface area contributed by atoms with E-state index in [1.165, 1.54) is 0 Å². The average molecular weight is 345 g/mol. The molecule has 0 bridgehead atoms. The molecular formula is C17H17ClN4O2. The van der Waals surface area contributed by atoms with Crippen LogP contribution in [0.15, 0.2) is 18.3 Å². The van der Waals surface area contributed by atoms with Crippen molar-refractivity contribution >= 4 is 28.5 Å². The summed E-state index contributed by atoms with van der Waals surface area (Å²) in [6, 6.07) is 3.65. The van der Waals surface area contributed by atoms with Gasteiger partial charge < -0.3 is 15.2 Å². The highest BCUT2D eigenvalue weighted by molar-refractivity contribution is 6.35. The van der Waals surface area contributed by atoms with E-state index in [2.05, 4.69) is 15.0 Å². The van der Waals surface area contributed by atoms with E-state index < -0.39 is 0 Å². The van der Waals surface area contributed by atoms with E-state index >= 15 is 0 Å². The standard InChI is InChI=1S/C17H17ClN4O2/c1-8-12(23-3)6-13(24-4)15(18)14(8)11-5-10-7-20-17(19)22-16(10)9(2)21-11/h5-7H,1-4H3,(H2,19,20,22). The van der Waals surface area contributed by atoms with E-state index in [0.29, 0.717) is 22.2 Å². The summed E-state index contributed by atoms with van der Waals surface area (Å²) >= 11 is 6.53. The fraction of sp³-hybridized carbons (Fsp3) is 0.235. The first-order chi connectivity index (χ1) is 11.5. The maximum absolute atomic E-state index is 6.53. The van der Waals surface area contributed by atoms with Crippen LogP contribution in [0.3, 0.4) is 0 Å². The Bertz CT molecular complexity index is 916. The maximum atomic E-state index is 6.53. The van der Waals surface area contributed by atoms with Crippen molar-refractivity contribution in [2.75, 3.05) is 20.0 Å². The van der Waals surface area contributed by atoms with Crippen LogP contribution in [0.1, 0.15) is 11.3 Å². The van der Waals surface area contributed by atoms with E-state index in [4.69, 9.17) is 26.8 Å². The third kappa shape index (κ3) is 2.59. The predicted molar refractivity (Wildman–Crippen MR) is 94.8 cm³/mol. The lowest BCUT2D eigenvalue weighted by atomic mass is 10.0. The second kappa shape index (κ2) is 6.13. The summed E-state index contributed by atoms with van der Waals surface area (Å²) in [5.74, 6) is 1.43. The molecule has 0 aliphatic rings. The Kier molecular flexibility index (Phi) is 4.15. The number of halogens is 1. The predicted octanol–water partition coefficient (Wildman–Crippen LogP) is 3.56. The molecule has 6 nitrogen and oxygen atoms in total. The third-order valence-corrected chi connectivity index (χ3v) is 4.27. The molecule has 0 aliphatic heterocycles. The van der Waals surface area contributed by atoms with Gasteiger partial charge in [-0.15, -0.1) is 0 Å². The van der Waals surface area contributed by atoms with E-state index in [9.17, 15) is 0 Å². The highest BCUT2D eigenvalue weighted by Gasteiger charge is 2.19. The Labute approximate surface area is 144 Å². The van der Waals surface area contributed by atoms with Crippen molar-refractivity contribution < 1.29 is 9.47 Å². The first kappa shape index (κ1) is 16.3. The number of nitrogens with two attached hydrogens (primary N) is 1. The van der Waals surface area contributed by atoms with Crippen LogP contribution < -0.4 is 15.2 Å². The van der Waals surface area contributed by atoms with E-state index in [1.807, 2.05) is 19.9 Å². The van der Waals surface area contributed by atoms with Crippen LogP contribution in [0.4, 0.5) is 5.95 Å². The van der Waals surface area contributed by atoms with Crippen LogP contribution in [-0.2, 0) is 0 Å². The zero-order chi connectivity index (χ0) is 17.4. The Hall–Kier alpha value is -2.60. The number of hydrogen-bond acceptors (Lipinski definition) is 6. The van der Waals surface area contributed by atoms with Gasteiger partial charge in [-0.05, 0) is 19.9 Å². The topological polar surface area (TPSA) is 83.2 Å². The molecule has 0 fully saturated rings. The largest absolute Gasteiger partial charge is 0.496 e. The first-order valence-corrected chi connectivity index (χ1v) is 7.65. The molecule has 0 amide bonds. The number of fused-ring (bicyclic) bond motifs is 1. The molecule has 24 heavy (non-hydrogen) atoms. The van der Waals surface area contributed by atoms with Crippen LogP contribution in [0, 0.1) is 13.8 Å². The second-order valence-corrected chi connectivity index (χ2v) is 5.73. The molecule has 0 radical (unpaired) electrons. The highest BCUT2D eigenvalue weighted by atomic mass is 35.5. The quantitative estimate of drug-likeness (QED) is 0.782. The van der Waals surface area contributed by atoms with Crippen LogP contribution in [-0.4, -0.2) is 29.2 Å². The Morgan fingerprint density at radius 2 is 1.75 bits per heavy atom. The Balaban J connectivity index is 2.33. The van der Waals surface area contributed by atoms with Crippen LogP contribution in [0.2, 0.25) is 5.02 Å². The molecule has 3 rings (SSSR count). The van der Waals surface area contributed by atoms with Crippen LogP contribution in [0.5, 0.6) is 11.5 Å². The molecular weight excluding hydrogens is 328 g/mol. The molecule has 3 aromatic rings. The molecule has 7 heteroatoms. The van der Waals surface area contributed by atoms with Crippen molar-refractivity contribution in [3.8, 4) is 22.8 Å². The van der Waals surface area contributed by atoms with Gasteiger partial charge >= 0.3 is 0 Å². The third-order valence-electron chi connectivity index (χ3n) is 3.90. The van der Waals surface area contributed by atoms with Gasteiger partial charge in [-0.3, -0.25) is 4.98 Å². The van der Waals surface area contributed by atoms with Crippen molar-refractivity contribution in [1.29, 1.82) is 0 Å². The number of nitrogens with zero attached hydrogens (tertiary/aromatic N) is 3. The number of aryl methyl sites for hydroxylation is 1. The van der Waals surface area contributed by atoms with Gasteiger partial charge in [0.15, 0.2) is 0 Å². The first-order valence-electron chi connectivity index (χ1n) is 7.27. The fourth-order valence-electron chi connectivity index (χ4n) is 2.71. The Morgan fingerprint density at radius 1 is 1.04 bits per heavy atom. The van der Waals surface area contributed by atoms with E-state index in [-0.39, 0.29) is 5.95 Å². The molecule has 0 atom stereocenters. The van der Waals surface area contributed by atoms with Crippen molar-refractivity contribution in [3.05, 3.63) is 34.6 Å². The maximum Gasteiger partial charge on any atom is 0.220 e. The minimum Gasteiger partial charge on any atom is -0.496 e. The van der Waals surface area contributed by atoms with Crippen molar-refractivity contribution in [3.63, 3.8) is 0 Å². The molecule has 2 aromatic heterocycles. The number of ether oxygens (including phenoxy) is 2. The smallest absolute Gasteiger partial charge is 0.220 e. The van der Waals surface area contributed by atoms with Gasteiger partial charge in [-0.25, -0.2) is 9.97 Å².